The summed E-state index contributed by atoms with van der Waals surface area (Å²) in [6.45, 7) is 3.93. The zero-order valence-electron chi connectivity index (χ0n) is 10.9. The molecule has 0 atom stereocenters. The molecule has 0 aliphatic heterocycles. The molecule has 0 fully saturated rings. The van der Waals surface area contributed by atoms with Gasteiger partial charge in [0.2, 0.25) is 0 Å². The molecule has 1 aromatic heterocycles. The number of allylic oxidation sites excluding steroid dienone is 1. The Morgan fingerprint density at radius 3 is 2.94 bits per heavy atom. The van der Waals surface area contributed by atoms with Crippen LogP contribution in [0.5, 0.6) is 0 Å². The molecule has 2 rings (SSSR count). The Morgan fingerprint density at radius 1 is 1.39 bits per heavy atom. The van der Waals surface area contributed by atoms with Gasteiger partial charge in [0.05, 0.1) is 0 Å². The quantitative estimate of drug-likeness (QED) is 0.751. The fraction of sp³-hybridized carbons (Fsp3) is 0.400. The first-order chi connectivity index (χ1) is 8.72. The van der Waals surface area contributed by atoms with Gasteiger partial charge in [-0.15, -0.1) is 0 Å². The summed E-state index contributed by atoms with van der Waals surface area (Å²) in [6.07, 6.45) is 5.00. The second kappa shape index (κ2) is 5.80. The lowest BCUT2D eigenvalue weighted by molar-refractivity contribution is 0.517. The molecular formula is C15H18FNO. The molecular weight excluding hydrogens is 229 g/mol. The third-order valence-corrected chi connectivity index (χ3v) is 2.86. The number of hydrogen-bond acceptors (Lipinski definition) is 2. The van der Waals surface area contributed by atoms with Crippen LogP contribution in [0.25, 0.3) is 17.2 Å². The number of nitrogens with zero attached hydrogens (tertiary/aromatic N) is 1. The van der Waals surface area contributed by atoms with Crippen molar-refractivity contribution in [3.05, 3.63) is 35.5 Å². The van der Waals surface area contributed by atoms with E-state index in [9.17, 15) is 4.39 Å². The van der Waals surface area contributed by atoms with Crippen molar-refractivity contribution in [3.63, 3.8) is 0 Å². The fourth-order valence-electron chi connectivity index (χ4n) is 1.80. The lowest BCUT2D eigenvalue weighted by atomic mass is 10.2. The second-order valence-electron chi connectivity index (χ2n) is 4.38. The van der Waals surface area contributed by atoms with Gasteiger partial charge in [-0.25, -0.2) is 9.37 Å². The van der Waals surface area contributed by atoms with Crippen LogP contribution in [-0.2, 0) is 6.42 Å². The van der Waals surface area contributed by atoms with Crippen molar-refractivity contribution in [3.8, 4) is 0 Å². The van der Waals surface area contributed by atoms with Crippen molar-refractivity contribution in [2.75, 3.05) is 0 Å². The number of hydrogen-bond donors (Lipinski definition) is 0. The fourth-order valence-corrected chi connectivity index (χ4v) is 1.80. The zero-order valence-corrected chi connectivity index (χ0v) is 10.9. The topological polar surface area (TPSA) is 26.0 Å². The number of aryl methyl sites for hydroxylation is 1. The van der Waals surface area contributed by atoms with Crippen LogP contribution < -0.4 is 0 Å². The minimum absolute atomic E-state index is 0.125. The summed E-state index contributed by atoms with van der Waals surface area (Å²) in [5.41, 5.74) is 2.40. The van der Waals surface area contributed by atoms with Crippen LogP contribution in [0.2, 0.25) is 0 Å². The summed E-state index contributed by atoms with van der Waals surface area (Å²) in [6, 6.07) is 5.58. The highest BCUT2D eigenvalue weighted by atomic mass is 19.1. The number of oxazole rings is 1. The average molecular weight is 247 g/mol. The minimum atomic E-state index is -0.125. The molecule has 0 bridgehead atoms. The van der Waals surface area contributed by atoms with Crippen molar-refractivity contribution in [2.45, 2.75) is 39.5 Å². The largest absolute Gasteiger partial charge is 0.441 e. The van der Waals surface area contributed by atoms with Gasteiger partial charge < -0.3 is 4.42 Å². The molecule has 0 N–H and O–H groups in total. The van der Waals surface area contributed by atoms with Crippen LogP contribution in [0.3, 0.4) is 0 Å². The number of unbranched alkanes of at least 4 members (excludes halogenated alkanes) is 1. The Bertz CT molecular complexity index is 557. The van der Waals surface area contributed by atoms with Crippen LogP contribution in [-0.4, -0.2) is 4.98 Å². The second-order valence-corrected chi connectivity index (χ2v) is 4.38. The first kappa shape index (κ1) is 12.8. The summed E-state index contributed by atoms with van der Waals surface area (Å²) < 4.78 is 18.9. The first-order valence-corrected chi connectivity index (χ1v) is 6.48. The molecule has 3 heteroatoms. The molecule has 0 unspecified atom stereocenters. The Hall–Kier alpha value is -1.64. The number of rotatable bonds is 5. The molecule has 0 amide bonds. The van der Waals surface area contributed by atoms with E-state index in [2.05, 4.69) is 11.9 Å². The number of benzene rings is 1. The van der Waals surface area contributed by atoms with E-state index in [4.69, 9.17) is 4.42 Å². The van der Waals surface area contributed by atoms with Crippen LogP contribution in [0, 0.1) is 0 Å². The molecule has 1 heterocycles. The minimum Gasteiger partial charge on any atom is -0.441 e. The molecule has 2 aromatic rings. The van der Waals surface area contributed by atoms with Gasteiger partial charge in [0.15, 0.2) is 11.5 Å². The van der Waals surface area contributed by atoms with Crippen LogP contribution >= 0.6 is 0 Å². The number of fused-ring (bicyclic) bond motifs is 1. The van der Waals surface area contributed by atoms with Gasteiger partial charge in [0, 0.05) is 6.42 Å². The summed E-state index contributed by atoms with van der Waals surface area (Å²) in [5, 5.41) is 0. The van der Waals surface area contributed by atoms with Crippen LogP contribution in [0.4, 0.5) is 4.39 Å². The third-order valence-electron chi connectivity index (χ3n) is 2.86. The maximum Gasteiger partial charge on any atom is 0.195 e. The van der Waals surface area contributed by atoms with E-state index < -0.39 is 0 Å². The molecule has 0 radical (unpaired) electrons. The van der Waals surface area contributed by atoms with Gasteiger partial charge >= 0.3 is 0 Å². The predicted octanol–water partition coefficient (Wildman–Crippen LogP) is 4.89. The monoisotopic (exact) mass is 247 g/mol. The molecule has 0 saturated carbocycles. The smallest absolute Gasteiger partial charge is 0.195 e. The molecule has 0 aliphatic rings. The van der Waals surface area contributed by atoms with Gasteiger partial charge in [-0.05, 0) is 36.6 Å². The molecule has 18 heavy (non-hydrogen) atoms. The molecule has 0 saturated heterocycles. The van der Waals surface area contributed by atoms with E-state index >= 15 is 0 Å². The first-order valence-electron chi connectivity index (χ1n) is 6.48. The highest BCUT2D eigenvalue weighted by Crippen LogP contribution is 2.20. The maximum absolute atomic E-state index is 13.2. The summed E-state index contributed by atoms with van der Waals surface area (Å²) in [5.74, 6) is 0.643. The van der Waals surface area contributed by atoms with Crippen molar-refractivity contribution in [1.29, 1.82) is 0 Å². The van der Waals surface area contributed by atoms with Gasteiger partial charge in [0.1, 0.15) is 11.3 Å². The summed E-state index contributed by atoms with van der Waals surface area (Å²) >= 11 is 0. The van der Waals surface area contributed by atoms with E-state index in [1.54, 1.807) is 6.92 Å². The Morgan fingerprint density at radius 2 is 2.22 bits per heavy atom. The van der Waals surface area contributed by atoms with E-state index in [1.807, 2.05) is 18.2 Å². The molecule has 0 spiro atoms. The molecule has 96 valence electrons. The molecule has 1 aromatic carbocycles. The predicted molar refractivity (Wildman–Crippen MR) is 72.0 cm³/mol. The Labute approximate surface area is 107 Å². The normalized spacial score (nSPS) is 12.3. The SMILES string of the molecule is CCCCc1nc2ccc(/C=C(/F)CC)cc2o1. The van der Waals surface area contributed by atoms with Crippen molar-refractivity contribution < 1.29 is 8.81 Å². The van der Waals surface area contributed by atoms with Crippen molar-refractivity contribution in [2.24, 2.45) is 0 Å². The number of halogens is 1. The lowest BCUT2D eigenvalue weighted by Crippen LogP contribution is -1.82. The van der Waals surface area contributed by atoms with Crippen LogP contribution in [0.15, 0.2) is 28.4 Å². The average Bonchev–Trinajstić information content (AvgIpc) is 2.78. The van der Waals surface area contributed by atoms with Crippen molar-refractivity contribution in [1.82, 2.24) is 4.98 Å². The third kappa shape index (κ3) is 2.97. The van der Waals surface area contributed by atoms with E-state index in [0.29, 0.717) is 6.42 Å². The summed E-state index contributed by atoms with van der Waals surface area (Å²) in [4.78, 5) is 4.41. The van der Waals surface area contributed by atoms with E-state index in [-0.39, 0.29) is 5.83 Å². The van der Waals surface area contributed by atoms with E-state index in [0.717, 1.165) is 41.8 Å². The standard InChI is InChI=1S/C15H18FNO/c1-3-5-6-15-17-13-8-7-11(9-12(16)4-2)10-14(13)18-15/h7-10H,3-6H2,1-2H3/b12-9+. The van der Waals surface area contributed by atoms with Gasteiger partial charge in [0.25, 0.3) is 0 Å². The van der Waals surface area contributed by atoms with Crippen LogP contribution in [0.1, 0.15) is 44.6 Å². The Balaban J connectivity index is 2.28. The van der Waals surface area contributed by atoms with Crippen molar-refractivity contribution >= 4 is 17.2 Å². The van der Waals surface area contributed by atoms with E-state index in [1.165, 1.54) is 6.08 Å². The lowest BCUT2D eigenvalue weighted by Gasteiger charge is -1.94. The molecule has 0 aliphatic carbocycles. The Kier molecular flexibility index (Phi) is 4.13. The maximum atomic E-state index is 13.2. The van der Waals surface area contributed by atoms with Gasteiger partial charge in [-0.3, -0.25) is 0 Å². The number of aromatic nitrogens is 1. The van der Waals surface area contributed by atoms with Gasteiger partial charge in [-0.1, -0.05) is 26.3 Å². The molecule has 2 nitrogen and oxygen atoms in total. The highest BCUT2D eigenvalue weighted by molar-refractivity contribution is 5.76. The zero-order chi connectivity index (χ0) is 13.0. The van der Waals surface area contributed by atoms with Gasteiger partial charge in [-0.2, -0.15) is 0 Å². The highest BCUT2D eigenvalue weighted by Gasteiger charge is 2.05. The summed E-state index contributed by atoms with van der Waals surface area (Å²) in [7, 11) is 0.